The van der Waals surface area contributed by atoms with E-state index < -0.39 is 25.3 Å². The van der Waals surface area contributed by atoms with E-state index in [2.05, 4.69) is 0 Å². The van der Waals surface area contributed by atoms with E-state index >= 15 is 0 Å². The largest absolute Gasteiger partial charge is 0.465 e. The van der Waals surface area contributed by atoms with E-state index in [0.29, 0.717) is 5.76 Å². The van der Waals surface area contributed by atoms with Crippen molar-refractivity contribution < 1.29 is 27.1 Å². The number of alkyl halides is 3. The van der Waals surface area contributed by atoms with Gasteiger partial charge in [0, 0.05) is 0 Å². The SMILES string of the molecule is CCOC(=O)[C@@](c1ccc(C)o1)(C(F)(F)F)[Si](C)(C)C. The van der Waals surface area contributed by atoms with Crippen LogP contribution in [0.3, 0.4) is 0 Å². The van der Waals surface area contributed by atoms with Crippen molar-refractivity contribution in [2.24, 2.45) is 0 Å². The van der Waals surface area contributed by atoms with E-state index in [4.69, 9.17) is 9.15 Å². The van der Waals surface area contributed by atoms with Crippen LogP contribution in [-0.2, 0) is 14.6 Å². The molecule has 0 saturated heterocycles. The first-order valence-corrected chi connectivity index (χ1v) is 9.79. The van der Waals surface area contributed by atoms with E-state index in [0.717, 1.165) is 0 Å². The Bertz CT molecular complexity index is 472. The van der Waals surface area contributed by atoms with Crippen LogP contribution in [0.1, 0.15) is 18.4 Å². The van der Waals surface area contributed by atoms with Gasteiger partial charge in [-0.3, -0.25) is 4.79 Å². The summed E-state index contributed by atoms with van der Waals surface area (Å²) < 4.78 is 51.4. The number of esters is 1. The fourth-order valence-electron chi connectivity index (χ4n) is 2.33. The number of hydrogen-bond acceptors (Lipinski definition) is 3. The Morgan fingerprint density at radius 1 is 1.30 bits per heavy atom. The van der Waals surface area contributed by atoms with Crippen LogP contribution in [0.2, 0.25) is 19.6 Å². The molecule has 1 heterocycles. The molecule has 0 N–H and O–H groups in total. The van der Waals surface area contributed by atoms with Crippen molar-refractivity contribution in [2.75, 3.05) is 6.61 Å². The number of hydrogen-bond donors (Lipinski definition) is 0. The number of carbonyl (C=O) groups is 1. The molecule has 1 aromatic rings. The Balaban J connectivity index is 3.64. The summed E-state index contributed by atoms with van der Waals surface area (Å²) in [6.45, 7) is 7.36. The van der Waals surface area contributed by atoms with Crippen LogP contribution in [0.4, 0.5) is 13.2 Å². The molecule has 0 radical (unpaired) electrons. The molecular weight excluding hydrogens is 289 g/mol. The lowest BCUT2D eigenvalue weighted by Crippen LogP contribution is -2.64. The molecule has 0 unspecified atom stereocenters. The van der Waals surface area contributed by atoms with Gasteiger partial charge in [0.15, 0.2) is 0 Å². The molecule has 0 saturated carbocycles. The lowest BCUT2D eigenvalue weighted by molar-refractivity contribution is -0.195. The molecule has 0 aliphatic heterocycles. The van der Waals surface area contributed by atoms with Gasteiger partial charge in [0.2, 0.25) is 5.04 Å². The summed E-state index contributed by atoms with van der Waals surface area (Å²) in [4.78, 5) is 12.2. The average Bonchev–Trinajstić information content (AvgIpc) is 2.61. The van der Waals surface area contributed by atoms with Crippen LogP contribution >= 0.6 is 0 Å². The number of aryl methyl sites for hydroxylation is 1. The van der Waals surface area contributed by atoms with Crippen molar-refractivity contribution in [1.82, 2.24) is 0 Å². The Morgan fingerprint density at radius 3 is 2.15 bits per heavy atom. The third kappa shape index (κ3) is 2.50. The summed E-state index contributed by atoms with van der Waals surface area (Å²) >= 11 is 0. The van der Waals surface area contributed by atoms with Gasteiger partial charge >= 0.3 is 12.1 Å². The van der Waals surface area contributed by atoms with Crippen LogP contribution in [0, 0.1) is 6.92 Å². The topological polar surface area (TPSA) is 39.4 Å². The van der Waals surface area contributed by atoms with Gasteiger partial charge in [0.05, 0.1) is 14.7 Å². The van der Waals surface area contributed by atoms with Gasteiger partial charge in [-0.2, -0.15) is 13.2 Å². The van der Waals surface area contributed by atoms with Crippen molar-refractivity contribution in [3.63, 3.8) is 0 Å². The van der Waals surface area contributed by atoms with Gasteiger partial charge in [-0.05, 0) is 26.0 Å². The maximum atomic E-state index is 13.8. The van der Waals surface area contributed by atoms with Crippen molar-refractivity contribution >= 4 is 14.0 Å². The van der Waals surface area contributed by atoms with E-state index in [9.17, 15) is 18.0 Å². The van der Waals surface area contributed by atoms with E-state index in [1.165, 1.54) is 38.7 Å². The second-order valence-electron chi connectivity index (χ2n) is 5.63. The Morgan fingerprint density at radius 2 is 1.85 bits per heavy atom. The van der Waals surface area contributed by atoms with Crippen LogP contribution in [-0.4, -0.2) is 26.8 Å². The maximum Gasteiger partial charge on any atom is 0.409 e. The highest BCUT2D eigenvalue weighted by Gasteiger charge is 2.71. The van der Waals surface area contributed by atoms with Crippen molar-refractivity contribution in [1.29, 1.82) is 0 Å². The minimum Gasteiger partial charge on any atom is -0.465 e. The summed E-state index contributed by atoms with van der Waals surface area (Å²) in [5.41, 5.74) is 0. The van der Waals surface area contributed by atoms with Crippen molar-refractivity contribution in [2.45, 2.75) is 44.7 Å². The first kappa shape index (κ1) is 16.8. The molecule has 1 atom stereocenters. The smallest absolute Gasteiger partial charge is 0.409 e. The minimum atomic E-state index is -4.77. The van der Waals surface area contributed by atoms with E-state index in [1.807, 2.05) is 0 Å². The molecule has 1 rings (SSSR count). The normalized spacial score (nSPS) is 15.8. The second kappa shape index (κ2) is 5.27. The number of halogens is 3. The Labute approximate surface area is 117 Å². The number of rotatable bonds is 4. The van der Waals surface area contributed by atoms with Crippen LogP contribution < -0.4 is 0 Å². The van der Waals surface area contributed by atoms with E-state index in [1.54, 1.807) is 6.92 Å². The summed E-state index contributed by atoms with van der Waals surface area (Å²) in [6, 6.07) is 2.65. The quantitative estimate of drug-likeness (QED) is 0.627. The Kier molecular flexibility index (Phi) is 4.43. The van der Waals surface area contributed by atoms with Gasteiger partial charge in [0.1, 0.15) is 11.5 Å². The van der Waals surface area contributed by atoms with Gasteiger partial charge in [-0.1, -0.05) is 19.6 Å². The van der Waals surface area contributed by atoms with Crippen LogP contribution in [0.25, 0.3) is 0 Å². The summed E-state index contributed by atoms with van der Waals surface area (Å²) in [5, 5.41) is -2.69. The lowest BCUT2D eigenvalue weighted by atomic mass is 10.0. The highest BCUT2D eigenvalue weighted by Crippen LogP contribution is 2.49. The van der Waals surface area contributed by atoms with Crippen molar-refractivity contribution in [3.05, 3.63) is 23.7 Å². The molecule has 0 aliphatic rings. The highest BCUT2D eigenvalue weighted by atomic mass is 28.3. The zero-order valence-corrected chi connectivity index (χ0v) is 13.2. The zero-order valence-electron chi connectivity index (χ0n) is 12.2. The Hall–Kier alpha value is -1.24. The molecule has 7 heteroatoms. The minimum absolute atomic E-state index is 0.110. The summed E-state index contributed by atoms with van der Waals surface area (Å²) in [7, 11) is -3.09. The average molecular weight is 308 g/mol. The fraction of sp³-hybridized carbons (Fsp3) is 0.615. The molecule has 20 heavy (non-hydrogen) atoms. The molecule has 1 aromatic heterocycles. The molecule has 3 nitrogen and oxygen atoms in total. The van der Waals surface area contributed by atoms with Gasteiger partial charge in [-0.25, -0.2) is 0 Å². The molecule has 0 aliphatic carbocycles. The molecular formula is C13H19F3O3Si. The summed E-state index contributed by atoms with van der Waals surface area (Å²) in [5.74, 6) is -1.32. The maximum absolute atomic E-state index is 13.8. The van der Waals surface area contributed by atoms with Crippen LogP contribution in [0.5, 0.6) is 0 Å². The molecule has 0 aromatic carbocycles. The predicted molar refractivity (Wildman–Crippen MR) is 71.2 cm³/mol. The molecule has 0 spiro atoms. The first-order chi connectivity index (χ1) is 8.98. The molecule has 0 fully saturated rings. The monoisotopic (exact) mass is 308 g/mol. The first-order valence-electron chi connectivity index (χ1n) is 6.29. The highest BCUT2D eigenvalue weighted by molar-refractivity contribution is 6.82. The third-order valence-electron chi connectivity index (χ3n) is 3.24. The predicted octanol–water partition coefficient (Wildman–Crippen LogP) is 3.83. The second-order valence-corrected chi connectivity index (χ2v) is 10.9. The zero-order chi connectivity index (χ0) is 15.8. The fourth-order valence-corrected chi connectivity index (χ4v) is 4.74. The third-order valence-corrected chi connectivity index (χ3v) is 6.23. The number of ether oxygens (including phenoxy) is 1. The molecule has 0 bridgehead atoms. The molecule has 0 amide bonds. The van der Waals surface area contributed by atoms with Gasteiger partial charge < -0.3 is 9.15 Å². The number of furan rings is 1. The summed E-state index contributed by atoms with van der Waals surface area (Å²) in [6.07, 6.45) is -4.77. The van der Waals surface area contributed by atoms with Crippen LogP contribution in [0.15, 0.2) is 16.5 Å². The van der Waals surface area contributed by atoms with Gasteiger partial charge in [-0.15, -0.1) is 0 Å². The lowest BCUT2D eigenvalue weighted by Gasteiger charge is -2.40. The van der Waals surface area contributed by atoms with Crippen molar-refractivity contribution in [3.8, 4) is 0 Å². The molecule has 114 valence electrons. The van der Waals surface area contributed by atoms with E-state index in [-0.39, 0.29) is 12.4 Å². The number of carbonyl (C=O) groups excluding carboxylic acids is 1. The van der Waals surface area contributed by atoms with Gasteiger partial charge in [0.25, 0.3) is 0 Å². The standard InChI is InChI=1S/C13H19F3O3Si/c1-6-18-11(17)12(13(14,15)16,20(3,4)5)10-8-7-9(2)19-10/h7-8H,6H2,1-5H3/t12-/m0/s1.